The lowest BCUT2D eigenvalue weighted by atomic mass is 9.85. The molecule has 2 aliphatic rings. The third-order valence-corrected chi connectivity index (χ3v) is 3.95. The largest absolute Gasteiger partial charge is 0.444 e. The van der Waals surface area contributed by atoms with E-state index in [4.69, 9.17) is 9.47 Å². The van der Waals surface area contributed by atoms with Crippen molar-refractivity contribution in [2.24, 2.45) is 5.92 Å². The number of hydrogen-bond acceptors (Lipinski definition) is 3. The van der Waals surface area contributed by atoms with Crippen LogP contribution in [0.4, 0.5) is 4.79 Å². The van der Waals surface area contributed by atoms with E-state index in [0.29, 0.717) is 12.5 Å². The standard InChI is InChI=1S/C17H27NO3/c1-13-7-11-20-12-8-15(13)14-5-9-18(10-6-14)16(19)21-17(2,3)4/h5,15H,1,6-12H2,2-4H3. The fourth-order valence-electron chi connectivity index (χ4n) is 2.83. The lowest BCUT2D eigenvalue weighted by Crippen LogP contribution is -2.39. The normalized spacial score (nSPS) is 24.3. The molecule has 1 fully saturated rings. The molecule has 0 bridgehead atoms. The van der Waals surface area contributed by atoms with Crippen molar-refractivity contribution in [3.05, 3.63) is 23.8 Å². The summed E-state index contributed by atoms with van der Waals surface area (Å²) in [6.07, 6.45) is 4.81. The lowest BCUT2D eigenvalue weighted by Gasteiger charge is -2.31. The van der Waals surface area contributed by atoms with Crippen LogP contribution >= 0.6 is 0 Å². The molecule has 4 heteroatoms. The van der Waals surface area contributed by atoms with Crippen molar-refractivity contribution in [3.63, 3.8) is 0 Å². The molecule has 0 spiro atoms. The van der Waals surface area contributed by atoms with Gasteiger partial charge in [0.2, 0.25) is 0 Å². The molecular weight excluding hydrogens is 266 g/mol. The molecule has 0 aromatic rings. The van der Waals surface area contributed by atoms with E-state index in [0.717, 1.165) is 39.0 Å². The lowest BCUT2D eigenvalue weighted by molar-refractivity contribution is 0.0264. The van der Waals surface area contributed by atoms with Crippen LogP contribution in [0.1, 0.15) is 40.0 Å². The average molecular weight is 293 g/mol. The summed E-state index contributed by atoms with van der Waals surface area (Å²) in [5, 5.41) is 0. The topological polar surface area (TPSA) is 38.8 Å². The van der Waals surface area contributed by atoms with E-state index in [2.05, 4.69) is 12.7 Å². The summed E-state index contributed by atoms with van der Waals surface area (Å²) < 4.78 is 10.9. The first kappa shape index (κ1) is 16.1. The number of amides is 1. The maximum absolute atomic E-state index is 12.1. The predicted molar refractivity (Wildman–Crippen MR) is 83.2 cm³/mol. The van der Waals surface area contributed by atoms with Gasteiger partial charge in [-0.2, -0.15) is 0 Å². The van der Waals surface area contributed by atoms with E-state index in [1.165, 1.54) is 11.1 Å². The molecule has 0 saturated carbocycles. The first-order valence-corrected chi connectivity index (χ1v) is 7.79. The van der Waals surface area contributed by atoms with E-state index in [1.807, 2.05) is 20.8 Å². The van der Waals surface area contributed by atoms with Crippen molar-refractivity contribution in [2.45, 2.75) is 45.6 Å². The molecule has 0 aromatic heterocycles. The van der Waals surface area contributed by atoms with Crippen LogP contribution in [-0.2, 0) is 9.47 Å². The molecule has 21 heavy (non-hydrogen) atoms. The zero-order valence-corrected chi connectivity index (χ0v) is 13.5. The second-order valence-corrected chi connectivity index (χ2v) is 6.82. The summed E-state index contributed by atoms with van der Waals surface area (Å²) in [6.45, 7) is 12.8. The van der Waals surface area contributed by atoms with E-state index in [9.17, 15) is 4.79 Å². The third-order valence-electron chi connectivity index (χ3n) is 3.95. The van der Waals surface area contributed by atoms with Gasteiger partial charge < -0.3 is 14.4 Å². The minimum absolute atomic E-state index is 0.221. The molecule has 2 rings (SSSR count). The Morgan fingerprint density at radius 2 is 2.14 bits per heavy atom. The highest BCUT2D eigenvalue weighted by molar-refractivity contribution is 5.68. The SMILES string of the molecule is C=C1CCOCCC1C1=CCN(C(=O)OC(C)(C)C)CC1. The summed E-state index contributed by atoms with van der Waals surface area (Å²) in [6, 6.07) is 0. The van der Waals surface area contributed by atoms with Crippen LogP contribution < -0.4 is 0 Å². The van der Waals surface area contributed by atoms with Gasteiger partial charge in [0.1, 0.15) is 5.60 Å². The molecule has 1 atom stereocenters. The van der Waals surface area contributed by atoms with Gasteiger partial charge >= 0.3 is 6.09 Å². The van der Waals surface area contributed by atoms with Crippen molar-refractivity contribution in [2.75, 3.05) is 26.3 Å². The fraction of sp³-hybridized carbons (Fsp3) is 0.706. The molecule has 1 saturated heterocycles. The number of carbonyl (C=O) groups is 1. The highest BCUT2D eigenvalue weighted by Crippen LogP contribution is 2.31. The van der Waals surface area contributed by atoms with Crippen LogP contribution in [0.3, 0.4) is 0 Å². The van der Waals surface area contributed by atoms with Crippen molar-refractivity contribution >= 4 is 6.09 Å². The van der Waals surface area contributed by atoms with Gasteiger partial charge in [0, 0.05) is 25.6 Å². The third kappa shape index (κ3) is 4.60. The van der Waals surface area contributed by atoms with Gasteiger partial charge in [0.05, 0.1) is 6.61 Å². The van der Waals surface area contributed by atoms with Gasteiger partial charge in [-0.1, -0.05) is 23.8 Å². The maximum atomic E-state index is 12.1. The summed E-state index contributed by atoms with van der Waals surface area (Å²) in [5.41, 5.74) is 2.24. The van der Waals surface area contributed by atoms with Gasteiger partial charge in [-0.05, 0) is 40.0 Å². The second kappa shape index (κ2) is 6.65. The maximum Gasteiger partial charge on any atom is 0.410 e. The van der Waals surface area contributed by atoms with Crippen LogP contribution in [0.15, 0.2) is 23.8 Å². The van der Waals surface area contributed by atoms with Gasteiger partial charge in [-0.3, -0.25) is 0 Å². The Kier molecular flexibility index (Phi) is 5.09. The minimum atomic E-state index is -0.437. The Morgan fingerprint density at radius 3 is 2.76 bits per heavy atom. The zero-order valence-electron chi connectivity index (χ0n) is 13.5. The molecule has 4 nitrogen and oxygen atoms in total. The first-order valence-electron chi connectivity index (χ1n) is 7.79. The molecular formula is C17H27NO3. The number of ether oxygens (including phenoxy) is 2. The van der Waals surface area contributed by atoms with Crippen molar-refractivity contribution in [1.29, 1.82) is 0 Å². The van der Waals surface area contributed by atoms with Crippen LogP contribution in [0.5, 0.6) is 0 Å². The van der Waals surface area contributed by atoms with E-state index < -0.39 is 5.60 Å². The summed E-state index contributed by atoms with van der Waals surface area (Å²) >= 11 is 0. The molecule has 0 radical (unpaired) electrons. The summed E-state index contributed by atoms with van der Waals surface area (Å²) in [4.78, 5) is 13.8. The molecule has 1 unspecified atom stereocenters. The Morgan fingerprint density at radius 1 is 1.38 bits per heavy atom. The van der Waals surface area contributed by atoms with Gasteiger partial charge in [-0.15, -0.1) is 0 Å². The van der Waals surface area contributed by atoms with Gasteiger partial charge in [0.25, 0.3) is 0 Å². The van der Waals surface area contributed by atoms with Crippen molar-refractivity contribution in [1.82, 2.24) is 4.90 Å². The Labute approximate surface area is 127 Å². The highest BCUT2D eigenvalue weighted by atomic mass is 16.6. The van der Waals surface area contributed by atoms with Gasteiger partial charge in [0.15, 0.2) is 0 Å². The quantitative estimate of drug-likeness (QED) is 0.694. The Hall–Kier alpha value is -1.29. The van der Waals surface area contributed by atoms with Crippen LogP contribution in [0, 0.1) is 5.92 Å². The monoisotopic (exact) mass is 293 g/mol. The minimum Gasteiger partial charge on any atom is -0.444 e. The fourth-order valence-corrected chi connectivity index (χ4v) is 2.83. The molecule has 0 aromatic carbocycles. The molecule has 0 N–H and O–H groups in total. The average Bonchev–Trinajstić information content (AvgIpc) is 2.62. The van der Waals surface area contributed by atoms with E-state index in [-0.39, 0.29) is 6.09 Å². The van der Waals surface area contributed by atoms with Crippen LogP contribution in [-0.4, -0.2) is 42.9 Å². The Balaban J connectivity index is 1.95. The molecule has 1 amide bonds. The first-order chi connectivity index (χ1) is 9.87. The second-order valence-electron chi connectivity index (χ2n) is 6.82. The highest BCUT2D eigenvalue weighted by Gasteiger charge is 2.27. The van der Waals surface area contributed by atoms with Crippen molar-refractivity contribution < 1.29 is 14.3 Å². The number of hydrogen-bond donors (Lipinski definition) is 0. The zero-order chi connectivity index (χ0) is 15.5. The number of rotatable bonds is 1. The molecule has 118 valence electrons. The number of carbonyl (C=O) groups excluding carboxylic acids is 1. The van der Waals surface area contributed by atoms with Gasteiger partial charge in [-0.25, -0.2) is 4.79 Å². The summed E-state index contributed by atoms with van der Waals surface area (Å²) in [5.74, 6) is 0.424. The molecule has 2 heterocycles. The molecule has 2 aliphatic heterocycles. The van der Waals surface area contributed by atoms with Crippen molar-refractivity contribution in [3.8, 4) is 0 Å². The Bertz CT molecular complexity index is 434. The summed E-state index contributed by atoms with van der Waals surface area (Å²) in [7, 11) is 0. The smallest absolute Gasteiger partial charge is 0.410 e. The van der Waals surface area contributed by atoms with Crippen LogP contribution in [0.2, 0.25) is 0 Å². The van der Waals surface area contributed by atoms with Crippen LogP contribution in [0.25, 0.3) is 0 Å². The predicted octanol–water partition coefficient (Wildman–Crippen LogP) is 3.54. The molecule has 0 aliphatic carbocycles. The number of nitrogens with zero attached hydrogens (tertiary/aromatic N) is 1. The van der Waals surface area contributed by atoms with E-state index in [1.54, 1.807) is 4.90 Å². The van der Waals surface area contributed by atoms with E-state index >= 15 is 0 Å².